The van der Waals surface area contributed by atoms with E-state index in [2.05, 4.69) is 10.6 Å². The van der Waals surface area contributed by atoms with E-state index in [1.165, 1.54) is 0 Å². The van der Waals surface area contributed by atoms with Crippen LogP contribution in [0.25, 0.3) is 0 Å². The van der Waals surface area contributed by atoms with Crippen molar-refractivity contribution in [1.82, 2.24) is 15.5 Å². The minimum atomic E-state index is -0.827. The van der Waals surface area contributed by atoms with Gasteiger partial charge in [0.1, 0.15) is 0 Å². The third-order valence-electron chi connectivity index (χ3n) is 4.71. The summed E-state index contributed by atoms with van der Waals surface area (Å²) in [5.41, 5.74) is 0.987. The molecule has 0 saturated heterocycles. The predicted octanol–water partition coefficient (Wildman–Crippen LogP) is 0.999. The van der Waals surface area contributed by atoms with Crippen LogP contribution in [0.15, 0.2) is 30.3 Å². The molecule has 138 valence electrons. The molecule has 2 rings (SSSR count). The highest BCUT2D eigenvalue weighted by atomic mass is 16.4. The number of hydrogen-bond acceptors (Lipinski definition) is 4. The molecule has 1 aliphatic rings. The maximum atomic E-state index is 12.0. The quantitative estimate of drug-likeness (QED) is 0.533. The Kier molecular flexibility index (Phi) is 7.21. The second-order valence-electron chi connectivity index (χ2n) is 6.42. The Balaban J connectivity index is 1.70. The second kappa shape index (κ2) is 9.39. The number of nitrogens with one attached hydrogen (secondary N) is 2. The van der Waals surface area contributed by atoms with E-state index in [0.29, 0.717) is 13.1 Å². The first-order chi connectivity index (χ1) is 12.0. The second-order valence-corrected chi connectivity index (χ2v) is 6.42. The van der Waals surface area contributed by atoms with Crippen molar-refractivity contribution < 1.29 is 19.8 Å². The van der Waals surface area contributed by atoms with E-state index in [1.807, 2.05) is 42.2 Å². The Morgan fingerprint density at radius 1 is 1.28 bits per heavy atom. The Morgan fingerprint density at radius 2 is 1.96 bits per heavy atom. The summed E-state index contributed by atoms with van der Waals surface area (Å²) in [6, 6.07) is 9.61. The minimum absolute atomic E-state index is 0.0313. The Labute approximate surface area is 148 Å². The van der Waals surface area contributed by atoms with Crippen molar-refractivity contribution in [2.75, 3.05) is 26.2 Å². The molecule has 1 aromatic carbocycles. The molecule has 2 amide bonds. The number of carboxylic acid groups (broad SMARTS) is 1. The number of carbonyl (C=O) groups is 2. The lowest BCUT2D eigenvalue weighted by Crippen LogP contribution is -2.56. The lowest BCUT2D eigenvalue weighted by atomic mass is 9.85. The highest BCUT2D eigenvalue weighted by Crippen LogP contribution is 2.25. The van der Waals surface area contributed by atoms with E-state index < -0.39 is 5.97 Å². The van der Waals surface area contributed by atoms with Gasteiger partial charge in [0.15, 0.2) is 0 Å². The average Bonchev–Trinajstić information content (AvgIpc) is 2.57. The number of aliphatic carboxylic acids is 1. The largest absolute Gasteiger partial charge is 0.480 e. The number of urea groups is 1. The van der Waals surface area contributed by atoms with Gasteiger partial charge in [-0.05, 0) is 24.9 Å². The summed E-state index contributed by atoms with van der Waals surface area (Å²) in [5.74, 6) is -0.959. The number of hydrogen-bond donors (Lipinski definition) is 4. The monoisotopic (exact) mass is 349 g/mol. The van der Waals surface area contributed by atoms with Crippen molar-refractivity contribution in [2.24, 2.45) is 0 Å². The van der Waals surface area contributed by atoms with Crippen LogP contribution in [0.4, 0.5) is 4.79 Å². The number of carboxylic acids is 1. The van der Waals surface area contributed by atoms with Gasteiger partial charge < -0.3 is 20.8 Å². The highest BCUT2D eigenvalue weighted by molar-refractivity contribution is 5.74. The summed E-state index contributed by atoms with van der Waals surface area (Å²) in [5, 5.41) is 24.1. The number of aliphatic hydroxyl groups is 1. The molecule has 4 N–H and O–H groups in total. The van der Waals surface area contributed by atoms with Crippen molar-refractivity contribution >= 4 is 12.0 Å². The maximum absolute atomic E-state index is 12.0. The van der Waals surface area contributed by atoms with Gasteiger partial charge in [-0.25, -0.2) is 4.79 Å². The third-order valence-corrected chi connectivity index (χ3v) is 4.71. The van der Waals surface area contributed by atoms with Crippen LogP contribution in [-0.4, -0.2) is 65.4 Å². The van der Waals surface area contributed by atoms with E-state index in [0.717, 1.165) is 18.4 Å². The smallest absolute Gasteiger partial charge is 0.317 e. The number of carbonyl (C=O) groups excluding carboxylic acids is 1. The fraction of sp³-hybridized carbons (Fsp3) is 0.556. The summed E-state index contributed by atoms with van der Waals surface area (Å²) in [6.07, 6.45) is 1.52. The number of aliphatic hydroxyl groups excluding tert-OH is 1. The van der Waals surface area contributed by atoms with E-state index >= 15 is 0 Å². The number of rotatable bonds is 9. The lowest BCUT2D eigenvalue weighted by Gasteiger charge is -2.42. The molecular formula is C18H27N3O4. The molecule has 1 atom stereocenters. The first kappa shape index (κ1) is 19.2. The maximum Gasteiger partial charge on any atom is 0.317 e. The minimum Gasteiger partial charge on any atom is -0.480 e. The fourth-order valence-electron chi connectivity index (χ4n) is 3.14. The zero-order valence-electron chi connectivity index (χ0n) is 14.5. The summed E-state index contributed by atoms with van der Waals surface area (Å²) in [7, 11) is 0. The molecule has 1 saturated carbocycles. The number of benzene rings is 1. The average molecular weight is 349 g/mol. The standard InChI is InChI=1S/C18H27N3O4/c1-2-21(11-17(23)24)16-8-15(9-16)20-18(25)19-10-14(12-22)13-6-4-3-5-7-13/h3-7,14-16,22H,2,8-12H2,1H3,(H,23,24)(H2,19,20,25). The van der Waals surface area contributed by atoms with Gasteiger partial charge in [0.25, 0.3) is 0 Å². The third kappa shape index (κ3) is 5.72. The van der Waals surface area contributed by atoms with Crippen LogP contribution in [0.5, 0.6) is 0 Å². The summed E-state index contributed by atoms with van der Waals surface area (Å²) in [6.45, 7) is 2.99. The van der Waals surface area contributed by atoms with E-state index in [4.69, 9.17) is 5.11 Å². The molecule has 1 unspecified atom stereocenters. The Bertz CT molecular complexity index is 561. The first-order valence-electron chi connectivity index (χ1n) is 8.69. The molecule has 0 aromatic heterocycles. The van der Waals surface area contributed by atoms with Gasteiger partial charge in [-0.1, -0.05) is 37.3 Å². The zero-order valence-corrected chi connectivity index (χ0v) is 14.5. The van der Waals surface area contributed by atoms with Crippen LogP contribution in [0.1, 0.15) is 31.2 Å². The van der Waals surface area contributed by atoms with Gasteiger partial charge >= 0.3 is 12.0 Å². The summed E-state index contributed by atoms with van der Waals surface area (Å²) >= 11 is 0. The van der Waals surface area contributed by atoms with E-state index in [-0.39, 0.29) is 37.2 Å². The van der Waals surface area contributed by atoms with Gasteiger partial charge in [0.05, 0.1) is 13.2 Å². The van der Waals surface area contributed by atoms with Crippen molar-refractivity contribution in [1.29, 1.82) is 0 Å². The summed E-state index contributed by atoms with van der Waals surface area (Å²) in [4.78, 5) is 24.7. The van der Waals surface area contributed by atoms with Crippen LogP contribution in [0.3, 0.4) is 0 Å². The number of nitrogens with zero attached hydrogens (tertiary/aromatic N) is 1. The van der Waals surface area contributed by atoms with Gasteiger partial charge in [-0.2, -0.15) is 0 Å². The lowest BCUT2D eigenvalue weighted by molar-refractivity contribution is -0.139. The highest BCUT2D eigenvalue weighted by Gasteiger charge is 2.34. The van der Waals surface area contributed by atoms with Crippen LogP contribution in [0.2, 0.25) is 0 Å². The molecule has 7 heteroatoms. The molecule has 0 aliphatic heterocycles. The molecule has 0 radical (unpaired) electrons. The van der Waals surface area contributed by atoms with Crippen molar-refractivity contribution in [3.63, 3.8) is 0 Å². The normalized spacial score (nSPS) is 20.6. The fourth-order valence-corrected chi connectivity index (χ4v) is 3.14. The molecular weight excluding hydrogens is 322 g/mol. The Morgan fingerprint density at radius 3 is 2.52 bits per heavy atom. The number of likely N-dealkylation sites (N-methyl/N-ethyl adjacent to an activating group) is 1. The predicted molar refractivity (Wildman–Crippen MR) is 94.5 cm³/mol. The van der Waals surface area contributed by atoms with Crippen LogP contribution < -0.4 is 10.6 Å². The van der Waals surface area contributed by atoms with Gasteiger partial charge in [0.2, 0.25) is 0 Å². The topological polar surface area (TPSA) is 102 Å². The van der Waals surface area contributed by atoms with Crippen LogP contribution in [-0.2, 0) is 4.79 Å². The van der Waals surface area contributed by atoms with E-state index in [9.17, 15) is 14.7 Å². The molecule has 1 aromatic rings. The molecule has 0 bridgehead atoms. The van der Waals surface area contributed by atoms with Crippen molar-refractivity contribution in [3.8, 4) is 0 Å². The molecule has 1 fully saturated rings. The van der Waals surface area contributed by atoms with Crippen molar-refractivity contribution in [3.05, 3.63) is 35.9 Å². The van der Waals surface area contributed by atoms with Crippen molar-refractivity contribution in [2.45, 2.75) is 37.8 Å². The zero-order chi connectivity index (χ0) is 18.2. The molecule has 0 spiro atoms. The summed E-state index contributed by atoms with van der Waals surface area (Å²) < 4.78 is 0. The molecule has 1 aliphatic carbocycles. The molecule has 7 nitrogen and oxygen atoms in total. The van der Waals surface area contributed by atoms with Gasteiger partial charge in [0, 0.05) is 24.5 Å². The number of amides is 2. The van der Waals surface area contributed by atoms with Crippen LogP contribution >= 0.6 is 0 Å². The molecule has 0 heterocycles. The van der Waals surface area contributed by atoms with Crippen LogP contribution in [0, 0.1) is 0 Å². The van der Waals surface area contributed by atoms with E-state index in [1.54, 1.807) is 0 Å². The van der Waals surface area contributed by atoms with Gasteiger partial charge in [-0.3, -0.25) is 9.69 Å². The first-order valence-corrected chi connectivity index (χ1v) is 8.69. The van der Waals surface area contributed by atoms with Gasteiger partial charge in [-0.15, -0.1) is 0 Å². The SMILES string of the molecule is CCN(CC(=O)O)C1CC(NC(=O)NCC(CO)c2ccccc2)C1. The molecule has 25 heavy (non-hydrogen) atoms. The Hall–Kier alpha value is -2.12.